The van der Waals surface area contributed by atoms with E-state index in [4.69, 9.17) is 27.9 Å². The fraction of sp³-hybridized carbons (Fsp3) is 0.562. The summed E-state index contributed by atoms with van der Waals surface area (Å²) < 4.78 is 5.79. The molecule has 2 rings (SSSR count). The zero-order valence-corrected chi connectivity index (χ0v) is 13.8. The molecule has 0 bridgehead atoms. The molecule has 1 aromatic carbocycles. The standard InChI is InChI=1S/C16H21Cl2NO2/c1-2-8-21-13-4-3-7-19(10-13)11-16(20)14-6-5-12(17)9-15(14)18/h5-6,9,13H,2-4,7-8,10-11H2,1H3. The number of hydrogen-bond donors (Lipinski definition) is 0. The zero-order valence-electron chi connectivity index (χ0n) is 12.3. The Kier molecular flexibility index (Phi) is 6.49. The Morgan fingerprint density at radius 2 is 2.24 bits per heavy atom. The topological polar surface area (TPSA) is 29.5 Å². The minimum absolute atomic E-state index is 0.0350. The van der Waals surface area contributed by atoms with Crippen LogP contribution in [0.15, 0.2) is 18.2 Å². The van der Waals surface area contributed by atoms with E-state index in [0.717, 1.165) is 39.0 Å². The van der Waals surface area contributed by atoms with E-state index in [2.05, 4.69) is 11.8 Å². The number of carbonyl (C=O) groups excluding carboxylic acids is 1. The van der Waals surface area contributed by atoms with Crippen LogP contribution in [0, 0.1) is 0 Å². The van der Waals surface area contributed by atoms with Gasteiger partial charge in [0.1, 0.15) is 0 Å². The van der Waals surface area contributed by atoms with Gasteiger partial charge in [-0.25, -0.2) is 0 Å². The largest absolute Gasteiger partial charge is 0.377 e. The van der Waals surface area contributed by atoms with E-state index in [0.29, 0.717) is 22.2 Å². The van der Waals surface area contributed by atoms with E-state index in [1.807, 2.05) is 0 Å². The Labute approximate surface area is 136 Å². The van der Waals surface area contributed by atoms with Crippen LogP contribution < -0.4 is 0 Å². The van der Waals surface area contributed by atoms with Gasteiger partial charge in [-0.1, -0.05) is 30.1 Å². The van der Waals surface area contributed by atoms with E-state index < -0.39 is 0 Å². The summed E-state index contributed by atoms with van der Waals surface area (Å²) in [6, 6.07) is 5.01. The molecule has 0 radical (unpaired) electrons. The predicted octanol–water partition coefficient (Wildman–Crippen LogP) is 4.07. The van der Waals surface area contributed by atoms with Gasteiger partial charge < -0.3 is 4.74 Å². The van der Waals surface area contributed by atoms with E-state index >= 15 is 0 Å². The highest BCUT2D eigenvalue weighted by Crippen LogP contribution is 2.22. The lowest BCUT2D eigenvalue weighted by Crippen LogP contribution is -2.42. The van der Waals surface area contributed by atoms with Gasteiger partial charge in [0.2, 0.25) is 0 Å². The van der Waals surface area contributed by atoms with Gasteiger partial charge in [0.05, 0.1) is 17.7 Å². The fourth-order valence-electron chi connectivity index (χ4n) is 2.58. The number of halogens is 2. The maximum Gasteiger partial charge on any atom is 0.178 e. The number of Topliss-reactive ketones (excluding diaryl/α,β-unsaturated/α-hetero) is 1. The van der Waals surface area contributed by atoms with Crippen LogP contribution in [0.4, 0.5) is 0 Å². The Bertz CT molecular complexity index is 493. The summed E-state index contributed by atoms with van der Waals surface area (Å²) in [6.07, 6.45) is 3.41. The minimum atomic E-state index is 0.0350. The molecule has 0 saturated carbocycles. The van der Waals surface area contributed by atoms with Gasteiger partial charge in [-0.05, 0) is 44.0 Å². The van der Waals surface area contributed by atoms with Crippen molar-refractivity contribution in [2.24, 2.45) is 0 Å². The van der Waals surface area contributed by atoms with Crippen molar-refractivity contribution in [2.75, 3.05) is 26.2 Å². The van der Waals surface area contributed by atoms with Gasteiger partial charge in [0, 0.05) is 23.7 Å². The number of hydrogen-bond acceptors (Lipinski definition) is 3. The van der Waals surface area contributed by atoms with Crippen molar-refractivity contribution in [3.8, 4) is 0 Å². The third-order valence-electron chi connectivity index (χ3n) is 3.62. The minimum Gasteiger partial charge on any atom is -0.377 e. The molecule has 1 aromatic rings. The SMILES string of the molecule is CCCOC1CCCN(CC(=O)c2ccc(Cl)cc2Cl)C1. The van der Waals surface area contributed by atoms with Crippen molar-refractivity contribution in [1.29, 1.82) is 0 Å². The number of ether oxygens (including phenoxy) is 1. The van der Waals surface area contributed by atoms with Crippen LogP contribution in [0.3, 0.4) is 0 Å². The third-order valence-corrected chi connectivity index (χ3v) is 4.17. The molecule has 0 amide bonds. The van der Waals surface area contributed by atoms with Crippen LogP contribution in [-0.4, -0.2) is 43.0 Å². The first-order chi connectivity index (χ1) is 10.1. The van der Waals surface area contributed by atoms with Gasteiger partial charge in [-0.15, -0.1) is 0 Å². The van der Waals surface area contributed by atoms with Crippen LogP contribution in [0.1, 0.15) is 36.5 Å². The second-order valence-corrected chi connectivity index (χ2v) is 6.26. The summed E-state index contributed by atoms with van der Waals surface area (Å²) in [4.78, 5) is 14.5. The summed E-state index contributed by atoms with van der Waals surface area (Å²) in [5, 5.41) is 0.964. The Morgan fingerprint density at radius 3 is 2.95 bits per heavy atom. The van der Waals surface area contributed by atoms with Crippen LogP contribution in [-0.2, 0) is 4.74 Å². The first-order valence-corrected chi connectivity index (χ1v) is 8.18. The van der Waals surface area contributed by atoms with Gasteiger partial charge in [-0.3, -0.25) is 9.69 Å². The number of carbonyl (C=O) groups is 1. The fourth-order valence-corrected chi connectivity index (χ4v) is 3.10. The number of ketones is 1. The molecule has 1 saturated heterocycles. The Hall–Kier alpha value is -0.610. The second kappa shape index (κ2) is 8.14. The number of likely N-dealkylation sites (tertiary alicyclic amines) is 1. The lowest BCUT2D eigenvalue weighted by Gasteiger charge is -2.32. The quantitative estimate of drug-likeness (QED) is 0.737. The number of nitrogens with zero attached hydrogens (tertiary/aromatic N) is 1. The lowest BCUT2D eigenvalue weighted by atomic mass is 10.1. The molecular weight excluding hydrogens is 309 g/mol. The van der Waals surface area contributed by atoms with E-state index in [-0.39, 0.29) is 11.9 Å². The van der Waals surface area contributed by atoms with Crippen molar-refractivity contribution in [3.63, 3.8) is 0 Å². The van der Waals surface area contributed by atoms with Crippen LogP contribution >= 0.6 is 23.2 Å². The molecule has 0 spiro atoms. The predicted molar refractivity (Wildman–Crippen MR) is 86.5 cm³/mol. The molecule has 1 unspecified atom stereocenters. The van der Waals surface area contributed by atoms with Crippen LogP contribution in [0.2, 0.25) is 10.0 Å². The van der Waals surface area contributed by atoms with Crippen LogP contribution in [0.25, 0.3) is 0 Å². The number of benzene rings is 1. The van der Waals surface area contributed by atoms with E-state index in [1.54, 1.807) is 18.2 Å². The van der Waals surface area contributed by atoms with Crippen molar-refractivity contribution in [1.82, 2.24) is 4.90 Å². The van der Waals surface area contributed by atoms with E-state index in [9.17, 15) is 4.79 Å². The van der Waals surface area contributed by atoms with Crippen LogP contribution in [0.5, 0.6) is 0 Å². The second-order valence-electron chi connectivity index (χ2n) is 5.42. The zero-order chi connectivity index (χ0) is 15.2. The maximum absolute atomic E-state index is 12.4. The highest BCUT2D eigenvalue weighted by atomic mass is 35.5. The first-order valence-electron chi connectivity index (χ1n) is 7.42. The Morgan fingerprint density at radius 1 is 1.43 bits per heavy atom. The maximum atomic E-state index is 12.4. The third kappa shape index (κ3) is 4.96. The van der Waals surface area contributed by atoms with Gasteiger partial charge in [-0.2, -0.15) is 0 Å². The molecule has 116 valence electrons. The molecule has 21 heavy (non-hydrogen) atoms. The number of piperidine rings is 1. The average molecular weight is 330 g/mol. The van der Waals surface area contributed by atoms with Crippen molar-refractivity contribution >= 4 is 29.0 Å². The molecule has 1 aliphatic heterocycles. The molecule has 3 nitrogen and oxygen atoms in total. The van der Waals surface area contributed by atoms with Gasteiger partial charge >= 0.3 is 0 Å². The van der Waals surface area contributed by atoms with Gasteiger partial charge in [0.25, 0.3) is 0 Å². The first kappa shape index (κ1) is 16.8. The molecule has 0 N–H and O–H groups in total. The summed E-state index contributed by atoms with van der Waals surface area (Å²) in [5.41, 5.74) is 0.540. The highest BCUT2D eigenvalue weighted by molar-refractivity contribution is 6.36. The summed E-state index contributed by atoms with van der Waals surface area (Å²) in [7, 11) is 0. The normalized spacial score (nSPS) is 19.7. The molecule has 1 fully saturated rings. The van der Waals surface area contributed by atoms with Crippen molar-refractivity contribution < 1.29 is 9.53 Å². The molecule has 1 heterocycles. The van der Waals surface area contributed by atoms with Crippen molar-refractivity contribution in [3.05, 3.63) is 33.8 Å². The molecule has 0 aliphatic carbocycles. The van der Waals surface area contributed by atoms with Gasteiger partial charge in [0.15, 0.2) is 5.78 Å². The summed E-state index contributed by atoms with van der Waals surface area (Å²) in [5.74, 6) is 0.0350. The average Bonchev–Trinajstić information content (AvgIpc) is 2.45. The molecule has 5 heteroatoms. The highest BCUT2D eigenvalue weighted by Gasteiger charge is 2.23. The molecule has 1 aliphatic rings. The molecular formula is C16H21Cl2NO2. The molecule has 0 aromatic heterocycles. The monoisotopic (exact) mass is 329 g/mol. The summed E-state index contributed by atoms with van der Waals surface area (Å²) >= 11 is 11.9. The molecule has 1 atom stereocenters. The Balaban J connectivity index is 1.92. The smallest absolute Gasteiger partial charge is 0.178 e. The number of rotatable bonds is 6. The van der Waals surface area contributed by atoms with Crippen molar-refractivity contribution in [2.45, 2.75) is 32.3 Å². The van der Waals surface area contributed by atoms with E-state index in [1.165, 1.54) is 0 Å². The summed E-state index contributed by atoms with van der Waals surface area (Å²) in [6.45, 7) is 5.02. The lowest BCUT2D eigenvalue weighted by molar-refractivity contribution is 0.00131.